The molecule has 1 unspecified atom stereocenters. The van der Waals surface area contributed by atoms with Crippen LogP contribution >= 0.6 is 0 Å². The van der Waals surface area contributed by atoms with Crippen molar-refractivity contribution in [1.29, 1.82) is 0 Å². The van der Waals surface area contributed by atoms with Crippen molar-refractivity contribution < 1.29 is 38.0 Å². The summed E-state index contributed by atoms with van der Waals surface area (Å²) < 4.78 is 7.02. The van der Waals surface area contributed by atoms with E-state index in [1.54, 1.807) is 5.57 Å². The number of ether oxygens (including phenoxy) is 1. The Morgan fingerprint density at radius 3 is 2.37 bits per heavy atom. The van der Waals surface area contributed by atoms with Gasteiger partial charge < -0.3 is 38.1 Å². The van der Waals surface area contributed by atoms with Gasteiger partial charge in [0.25, 0.3) is 0 Å². The molecule has 4 nitrogen and oxygen atoms in total. The molecule has 0 aromatic rings. The van der Waals surface area contributed by atoms with Gasteiger partial charge in [-0.05, 0) is 112 Å². The van der Waals surface area contributed by atoms with E-state index in [2.05, 4.69) is 80.8 Å². The highest BCUT2D eigenvalue weighted by Crippen LogP contribution is 2.67. The molecule has 4 aliphatic carbocycles. The van der Waals surface area contributed by atoms with E-state index in [1.807, 2.05) is 0 Å². The van der Waals surface area contributed by atoms with Crippen molar-refractivity contribution in [3.05, 3.63) is 11.6 Å². The highest BCUT2D eigenvalue weighted by Gasteiger charge is 2.59. The normalized spacial score (nSPS) is 36.5. The van der Waals surface area contributed by atoms with Gasteiger partial charge in [-0.15, -0.1) is 0 Å². The number of nitrogens with zero attached hydrogens (tertiary/aromatic N) is 2. The fourth-order valence-corrected chi connectivity index (χ4v) is 10.3. The number of hydrogen-bond acceptors (Lipinski definition) is 3. The number of esters is 1. The second-order valence-electron chi connectivity index (χ2n) is 17.0. The fraction of sp³-hybridized carbons (Fsp3) is 0.917. The van der Waals surface area contributed by atoms with E-state index < -0.39 is 0 Å². The van der Waals surface area contributed by atoms with Crippen LogP contribution in [0.1, 0.15) is 105 Å². The average Bonchev–Trinajstić information content (AvgIpc) is 3.19. The Balaban J connectivity index is 0.00000462. The van der Waals surface area contributed by atoms with Crippen LogP contribution in [-0.4, -0.2) is 69.8 Å². The van der Waals surface area contributed by atoms with E-state index in [1.165, 1.54) is 51.4 Å². The van der Waals surface area contributed by atoms with Crippen LogP contribution in [0.15, 0.2) is 11.6 Å². The van der Waals surface area contributed by atoms with Crippen LogP contribution in [0, 0.1) is 52.3 Å². The van der Waals surface area contributed by atoms with Crippen LogP contribution in [0.3, 0.4) is 0 Å². The summed E-state index contributed by atoms with van der Waals surface area (Å²) in [7, 11) is 10.7. The molecular weight excluding hydrogens is 619 g/mol. The molecule has 0 N–H and O–H groups in total. The van der Waals surface area contributed by atoms with Gasteiger partial charge in [-0.2, -0.15) is 0 Å². The van der Waals surface area contributed by atoms with Gasteiger partial charge in [0, 0.05) is 6.54 Å². The molecule has 0 saturated heterocycles. The van der Waals surface area contributed by atoms with Crippen LogP contribution in [0.2, 0.25) is 0 Å². The Kier molecular flexibility index (Phi) is 12.0. The summed E-state index contributed by atoms with van der Waals surface area (Å²) in [6.07, 6.45) is 16.8. The number of quaternary nitrogens is 1. The third kappa shape index (κ3) is 7.93. The van der Waals surface area contributed by atoms with Crippen LogP contribution in [0.25, 0.3) is 0 Å². The predicted molar refractivity (Wildman–Crippen MR) is 168 cm³/mol. The molecule has 3 saturated carbocycles. The summed E-state index contributed by atoms with van der Waals surface area (Å²) in [5.74, 6) is 5.23. The van der Waals surface area contributed by atoms with Crippen LogP contribution < -0.4 is 24.0 Å². The second-order valence-corrected chi connectivity index (χ2v) is 17.0. The van der Waals surface area contributed by atoms with Gasteiger partial charge in [0.15, 0.2) is 6.10 Å². The Morgan fingerprint density at radius 1 is 1.02 bits per heavy atom. The lowest BCUT2D eigenvalue weighted by molar-refractivity contribution is -0.873. The van der Waals surface area contributed by atoms with E-state index in [-0.39, 0.29) is 47.4 Å². The maximum absolute atomic E-state index is 13.5. The molecule has 3 fully saturated rings. The van der Waals surface area contributed by atoms with Gasteiger partial charge in [0.05, 0.1) is 27.1 Å². The lowest BCUT2D eigenvalue weighted by atomic mass is 9.46. The minimum Gasteiger partial charge on any atom is -1.00 e. The molecule has 0 aromatic carbocycles. The highest BCUT2D eigenvalue weighted by atomic mass is 127. The zero-order chi connectivity index (χ0) is 29.5. The monoisotopic (exact) mass is 684 g/mol. The molecule has 0 amide bonds. The van der Waals surface area contributed by atoms with Gasteiger partial charge >= 0.3 is 5.97 Å². The Bertz CT molecular complexity index is 910. The summed E-state index contributed by atoms with van der Waals surface area (Å²) in [6.45, 7) is 14.2. The SMILES string of the molecule is CC(C)CCC[C@@H](C)[C@H]1CC[C@H]2[C@@H]3CC=C4C[C@@H](C(=O)OC(CN(C)C)C[N+](C)(C)C)CC[C@]4(C)[C@H]3CC[C@]12C.[I-]. The summed E-state index contributed by atoms with van der Waals surface area (Å²) >= 11 is 0. The summed E-state index contributed by atoms with van der Waals surface area (Å²) in [6, 6.07) is 0. The first-order valence-electron chi connectivity index (χ1n) is 17.0. The summed E-state index contributed by atoms with van der Waals surface area (Å²) in [5.41, 5.74) is 2.42. The number of carbonyl (C=O) groups excluding carboxylic acids is 1. The van der Waals surface area contributed by atoms with E-state index in [9.17, 15) is 4.79 Å². The highest BCUT2D eigenvalue weighted by molar-refractivity contribution is 5.73. The Morgan fingerprint density at radius 2 is 1.73 bits per heavy atom. The van der Waals surface area contributed by atoms with Crippen molar-refractivity contribution in [3.63, 3.8) is 0 Å². The van der Waals surface area contributed by atoms with Gasteiger partial charge in [-0.25, -0.2) is 0 Å². The van der Waals surface area contributed by atoms with Crippen LogP contribution in [0.4, 0.5) is 0 Å². The first kappa shape index (κ1) is 35.3. The van der Waals surface area contributed by atoms with Crippen molar-refractivity contribution >= 4 is 5.97 Å². The number of likely N-dealkylation sites (N-methyl/N-ethyl adjacent to an activating group) is 2. The quantitative estimate of drug-likeness (QED) is 0.135. The number of allylic oxidation sites excluding steroid dienone is 2. The minimum absolute atomic E-state index is 0. The van der Waals surface area contributed by atoms with Crippen LogP contribution in [0.5, 0.6) is 0 Å². The van der Waals surface area contributed by atoms with Crippen molar-refractivity contribution in [2.75, 3.05) is 48.3 Å². The standard InChI is InChI=1S/C36H65N2O2.HI/c1-25(2)12-11-13-26(3)31-16-17-32-30-15-14-28-22-27(18-20-35(28,4)33(30)19-21-36(31,32)5)34(39)40-29(23-37(6)7)24-38(8,9)10;/h14,25-27,29-33H,11-13,15-24H2,1-10H3;1H/q+1;/p-1/t26-,27+,29?,30+,31-,32+,33+,35+,36-;/m1./s1. The zero-order valence-electron chi connectivity index (χ0n) is 28.5. The number of fused-ring (bicyclic) bond motifs is 5. The molecule has 9 atom stereocenters. The van der Waals surface area contributed by atoms with Crippen molar-refractivity contribution in [2.45, 2.75) is 111 Å². The first-order valence-corrected chi connectivity index (χ1v) is 17.0. The van der Waals surface area contributed by atoms with E-state index >= 15 is 0 Å². The van der Waals surface area contributed by atoms with Crippen molar-refractivity contribution in [3.8, 4) is 0 Å². The van der Waals surface area contributed by atoms with Gasteiger partial charge in [0.2, 0.25) is 0 Å². The van der Waals surface area contributed by atoms with Crippen LogP contribution in [-0.2, 0) is 9.53 Å². The number of hydrogen-bond donors (Lipinski definition) is 0. The smallest absolute Gasteiger partial charge is 0.309 e. The predicted octanol–water partition coefficient (Wildman–Crippen LogP) is 4.83. The maximum Gasteiger partial charge on any atom is 0.309 e. The largest absolute Gasteiger partial charge is 1.00 e. The minimum atomic E-state index is -0.0559. The topological polar surface area (TPSA) is 29.5 Å². The molecule has 238 valence electrons. The molecule has 0 radical (unpaired) electrons. The summed E-state index contributed by atoms with van der Waals surface area (Å²) in [5, 5.41) is 0. The van der Waals surface area contributed by atoms with E-state index in [0.717, 1.165) is 72.3 Å². The van der Waals surface area contributed by atoms with Crippen molar-refractivity contribution in [1.82, 2.24) is 4.90 Å². The van der Waals surface area contributed by atoms with Gasteiger partial charge in [0.1, 0.15) is 6.54 Å². The molecule has 0 aromatic heterocycles. The number of halogens is 1. The Labute approximate surface area is 271 Å². The Hall–Kier alpha value is -0.140. The van der Waals surface area contributed by atoms with Crippen molar-refractivity contribution in [2.24, 2.45) is 52.3 Å². The molecule has 4 aliphatic rings. The summed E-state index contributed by atoms with van der Waals surface area (Å²) in [4.78, 5) is 15.6. The fourth-order valence-electron chi connectivity index (χ4n) is 10.3. The first-order chi connectivity index (χ1) is 18.6. The second kappa shape index (κ2) is 13.9. The van der Waals surface area contributed by atoms with Gasteiger partial charge in [-0.1, -0.05) is 65.5 Å². The van der Waals surface area contributed by atoms with E-state index in [4.69, 9.17) is 4.74 Å². The average molecular weight is 685 g/mol. The molecule has 5 heteroatoms. The molecule has 4 rings (SSSR count). The molecular formula is C36H65IN2O2. The molecule has 0 aliphatic heterocycles. The third-order valence-corrected chi connectivity index (χ3v) is 12.2. The third-order valence-electron chi connectivity index (χ3n) is 12.2. The van der Waals surface area contributed by atoms with E-state index in [0.29, 0.717) is 5.41 Å². The molecule has 0 spiro atoms. The molecule has 0 bridgehead atoms. The maximum atomic E-state index is 13.5. The molecule has 0 heterocycles. The van der Waals surface area contributed by atoms with Gasteiger partial charge in [-0.3, -0.25) is 4.79 Å². The molecule has 41 heavy (non-hydrogen) atoms. The number of rotatable bonds is 11. The number of carbonyl (C=O) groups is 1. The lowest BCUT2D eigenvalue weighted by Gasteiger charge is -2.58. The zero-order valence-corrected chi connectivity index (χ0v) is 30.6. The lowest BCUT2D eigenvalue weighted by Crippen LogP contribution is -3.00.